The van der Waals surface area contributed by atoms with Gasteiger partial charge in [0, 0.05) is 6.42 Å². The summed E-state index contributed by atoms with van der Waals surface area (Å²) in [5.74, 6) is -0.186. The van der Waals surface area contributed by atoms with Crippen molar-refractivity contribution >= 4 is 13.7 Å². The zero-order valence-electron chi connectivity index (χ0n) is 55.9. The Labute approximate surface area is 517 Å². The summed E-state index contributed by atoms with van der Waals surface area (Å²) in [4.78, 5) is 23.4. The second-order valence-electron chi connectivity index (χ2n) is 25.9. The number of quaternary nitrogens is 1. The van der Waals surface area contributed by atoms with Crippen molar-refractivity contribution in [2.75, 3.05) is 40.9 Å². The number of hydrogen-bond acceptors (Lipinski definition) is 5. The summed E-state index contributed by atoms with van der Waals surface area (Å²) in [6.45, 7) is 4.82. The van der Waals surface area contributed by atoms with Crippen molar-refractivity contribution in [2.24, 2.45) is 0 Å². The van der Waals surface area contributed by atoms with Crippen LogP contribution in [0.3, 0.4) is 0 Å². The molecule has 3 atom stereocenters. The maximum absolute atomic E-state index is 13.1. The smallest absolute Gasteiger partial charge is 0.387 e. The van der Waals surface area contributed by atoms with E-state index in [9.17, 15) is 19.4 Å². The number of nitrogens with zero attached hydrogens (tertiary/aromatic N) is 1. The lowest BCUT2D eigenvalue weighted by Crippen LogP contribution is -2.45. The molecule has 83 heavy (non-hydrogen) atoms. The fourth-order valence-electron chi connectivity index (χ4n) is 10.8. The molecule has 0 spiro atoms. The number of carbonyl (C=O) groups is 1. The molecular weight excluding hydrogens is 1040 g/mol. The highest BCUT2D eigenvalue weighted by atomic mass is 31.2. The van der Waals surface area contributed by atoms with Crippen LogP contribution in [-0.2, 0) is 18.4 Å². The molecule has 0 bridgehead atoms. The van der Waals surface area contributed by atoms with Gasteiger partial charge in [0.25, 0.3) is 0 Å². The molecule has 0 radical (unpaired) electrons. The van der Waals surface area contributed by atoms with Crippen molar-refractivity contribution in [2.45, 2.75) is 366 Å². The highest BCUT2D eigenvalue weighted by Crippen LogP contribution is 2.43. The van der Waals surface area contributed by atoms with Gasteiger partial charge in [-0.3, -0.25) is 13.8 Å². The number of hydrogen-bond donors (Lipinski definition) is 3. The van der Waals surface area contributed by atoms with Gasteiger partial charge in [-0.05, 0) is 77.0 Å². The van der Waals surface area contributed by atoms with Gasteiger partial charge < -0.3 is 19.8 Å². The lowest BCUT2D eigenvalue weighted by Gasteiger charge is -2.25. The summed E-state index contributed by atoms with van der Waals surface area (Å²) < 4.78 is 23.8. The second-order valence-corrected chi connectivity index (χ2v) is 27.4. The number of likely N-dealkylation sites (N-methyl/N-ethyl adjacent to an activating group) is 1. The molecule has 0 fully saturated rings. The molecule has 488 valence electrons. The molecule has 0 saturated carbocycles. The average Bonchev–Trinajstić information content (AvgIpc) is 3.50. The first-order valence-corrected chi connectivity index (χ1v) is 37.7. The summed E-state index contributed by atoms with van der Waals surface area (Å²) in [5, 5.41) is 14.0. The first-order chi connectivity index (χ1) is 40.5. The van der Waals surface area contributed by atoms with Gasteiger partial charge in [-0.25, -0.2) is 4.57 Å². The summed E-state index contributed by atoms with van der Waals surface area (Å²) in [7, 11) is 1.56. The molecule has 3 unspecified atom stereocenters. The summed E-state index contributed by atoms with van der Waals surface area (Å²) >= 11 is 0. The molecule has 0 aromatic rings. The fraction of sp³-hybridized carbons (Fsp3) is 0.851. The van der Waals surface area contributed by atoms with Crippen LogP contribution < -0.4 is 5.32 Å². The highest BCUT2D eigenvalue weighted by Gasteiger charge is 2.28. The Hall–Kier alpha value is -1.80. The van der Waals surface area contributed by atoms with E-state index in [-0.39, 0.29) is 19.1 Å². The van der Waals surface area contributed by atoms with Crippen molar-refractivity contribution in [3.05, 3.63) is 60.8 Å². The SMILES string of the molecule is CCCCCCC/C=C\C/C=C\CCCCCCCCCCCCCCCCCCCC(=O)NC(COP(=O)(O)OCC[N+](C)(C)C)C(O)/C=C/CC/C=C/CC/C=C/CCCCCCCCCCCCCCCCCCCCCCCC. The predicted octanol–water partition coefficient (Wildman–Crippen LogP) is 23.2. The normalized spacial score (nSPS) is 14.0. The van der Waals surface area contributed by atoms with Crippen LogP contribution >= 0.6 is 7.82 Å². The van der Waals surface area contributed by atoms with E-state index in [2.05, 4.69) is 67.8 Å². The number of aliphatic hydroxyl groups is 1. The molecule has 9 heteroatoms. The topological polar surface area (TPSA) is 105 Å². The number of phosphoric acid groups is 1. The van der Waals surface area contributed by atoms with Crippen LogP contribution in [0.4, 0.5) is 0 Å². The zero-order chi connectivity index (χ0) is 60.5. The number of rotatable bonds is 67. The van der Waals surface area contributed by atoms with Crippen LogP contribution in [0.15, 0.2) is 60.8 Å². The maximum Gasteiger partial charge on any atom is 0.472 e. The van der Waals surface area contributed by atoms with Crippen molar-refractivity contribution in [1.82, 2.24) is 5.32 Å². The van der Waals surface area contributed by atoms with Crippen molar-refractivity contribution in [3.63, 3.8) is 0 Å². The van der Waals surface area contributed by atoms with Crippen molar-refractivity contribution in [1.29, 1.82) is 0 Å². The Balaban J connectivity index is 4.10. The average molecular weight is 1190 g/mol. The third kappa shape index (κ3) is 67.6. The minimum Gasteiger partial charge on any atom is -0.387 e. The first kappa shape index (κ1) is 81.2. The Bertz CT molecular complexity index is 1540. The maximum atomic E-state index is 13.1. The van der Waals surface area contributed by atoms with Gasteiger partial charge in [-0.15, -0.1) is 0 Å². The van der Waals surface area contributed by atoms with E-state index in [0.717, 1.165) is 51.4 Å². The van der Waals surface area contributed by atoms with E-state index < -0.39 is 20.0 Å². The van der Waals surface area contributed by atoms with Gasteiger partial charge >= 0.3 is 7.82 Å². The quantitative estimate of drug-likeness (QED) is 0.0243. The number of carbonyl (C=O) groups excluding carboxylic acids is 1. The largest absolute Gasteiger partial charge is 0.472 e. The van der Waals surface area contributed by atoms with E-state index in [1.165, 1.54) is 283 Å². The minimum atomic E-state index is -4.37. The molecule has 0 heterocycles. The van der Waals surface area contributed by atoms with Crippen LogP contribution in [0.25, 0.3) is 0 Å². The van der Waals surface area contributed by atoms with E-state index in [4.69, 9.17) is 9.05 Å². The lowest BCUT2D eigenvalue weighted by molar-refractivity contribution is -0.870. The molecule has 0 aliphatic rings. The summed E-state index contributed by atoms with van der Waals surface area (Å²) in [6.07, 6.45) is 89.6. The monoisotopic (exact) mass is 1190 g/mol. The number of unbranched alkanes of at least 4 members (excludes halogenated alkanes) is 46. The Kier molecular flexibility index (Phi) is 63.3. The Morgan fingerprint density at radius 2 is 0.699 bits per heavy atom. The van der Waals surface area contributed by atoms with Crippen LogP contribution in [0, 0.1) is 0 Å². The number of nitrogens with one attached hydrogen (secondary N) is 1. The highest BCUT2D eigenvalue weighted by molar-refractivity contribution is 7.47. The Morgan fingerprint density at radius 1 is 0.410 bits per heavy atom. The van der Waals surface area contributed by atoms with Crippen molar-refractivity contribution in [3.8, 4) is 0 Å². The molecule has 8 nitrogen and oxygen atoms in total. The van der Waals surface area contributed by atoms with Crippen LogP contribution in [0.1, 0.15) is 354 Å². The molecule has 0 aromatic carbocycles. The third-order valence-electron chi connectivity index (χ3n) is 16.4. The van der Waals surface area contributed by atoms with Crippen LogP contribution in [0.2, 0.25) is 0 Å². The summed E-state index contributed by atoms with van der Waals surface area (Å²) in [6, 6.07) is -0.873. The number of aliphatic hydroxyl groups excluding tert-OH is 1. The number of amides is 1. The van der Waals surface area contributed by atoms with Crippen LogP contribution in [-0.4, -0.2) is 73.4 Å². The number of phosphoric ester groups is 1. The lowest BCUT2D eigenvalue weighted by atomic mass is 10.0. The Morgan fingerprint density at radius 3 is 1.04 bits per heavy atom. The molecular formula is C74H142N2O6P+. The van der Waals surface area contributed by atoms with Crippen LogP contribution in [0.5, 0.6) is 0 Å². The van der Waals surface area contributed by atoms with Gasteiger partial charge in [0.2, 0.25) is 5.91 Å². The molecule has 0 aliphatic carbocycles. The van der Waals surface area contributed by atoms with Gasteiger partial charge in [0.1, 0.15) is 13.2 Å². The van der Waals surface area contributed by atoms with Crippen molar-refractivity contribution < 1.29 is 32.9 Å². The summed E-state index contributed by atoms with van der Waals surface area (Å²) in [5.41, 5.74) is 0. The molecule has 0 aliphatic heterocycles. The third-order valence-corrected chi connectivity index (χ3v) is 17.4. The zero-order valence-corrected chi connectivity index (χ0v) is 56.8. The molecule has 0 saturated heterocycles. The molecule has 0 rings (SSSR count). The first-order valence-electron chi connectivity index (χ1n) is 36.2. The predicted molar refractivity (Wildman–Crippen MR) is 364 cm³/mol. The molecule has 0 aromatic heterocycles. The van der Waals surface area contributed by atoms with E-state index in [0.29, 0.717) is 17.4 Å². The van der Waals surface area contributed by atoms with E-state index in [1.807, 2.05) is 27.2 Å². The molecule has 1 amide bonds. The molecule has 3 N–H and O–H groups in total. The van der Waals surface area contributed by atoms with Gasteiger partial charge in [-0.1, -0.05) is 331 Å². The van der Waals surface area contributed by atoms with Gasteiger partial charge in [-0.2, -0.15) is 0 Å². The van der Waals surface area contributed by atoms with Gasteiger partial charge in [0.05, 0.1) is 39.9 Å². The van der Waals surface area contributed by atoms with E-state index in [1.54, 1.807) is 6.08 Å². The standard InChI is InChI=1S/C74H141N2O6P/c1-6-8-10-12-14-16-18-20-22-24-26-28-30-32-34-36-37-38-40-41-43-45-47-49-51-53-55-57-59-61-63-65-67-73(77)72(71-82-83(79,80)81-70-69-76(3,4)5)75-74(78)68-66-64-62-60-58-56-54-52-50-48-46-44-42-39-35-33-31-29-27-25-23-21-19-17-15-13-11-9-7-2/h19,21,25,27,49,51,57,59,65,67,72-73,77H,6-18,20,22-24,26,28-48,50,52-56,58,60-64,66,68-71H2,1-5H3,(H-,75,78,79,80)/p+1/b21-19-,27-25-,51-49+,59-57+,67-65+. The second kappa shape index (κ2) is 64.7. The minimum absolute atomic E-state index is 0.0532. The van der Waals surface area contributed by atoms with E-state index >= 15 is 0 Å². The fourth-order valence-corrected chi connectivity index (χ4v) is 11.6. The number of allylic oxidation sites excluding steroid dienone is 9. The van der Waals surface area contributed by atoms with Gasteiger partial charge in [0.15, 0.2) is 0 Å².